The van der Waals surface area contributed by atoms with Crippen molar-refractivity contribution in [3.05, 3.63) is 66.4 Å². The number of benzene rings is 1. The van der Waals surface area contributed by atoms with E-state index < -0.39 is 0 Å². The minimum absolute atomic E-state index is 0.265. The summed E-state index contributed by atoms with van der Waals surface area (Å²) < 4.78 is 15.2. The Morgan fingerprint density at radius 2 is 2.00 bits per heavy atom. The molecule has 4 rings (SSSR count). The number of halogens is 1. The molecule has 0 atom stereocenters. The monoisotopic (exact) mass is 334 g/mol. The van der Waals surface area contributed by atoms with Gasteiger partial charge in [0.1, 0.15) is 17.0 Å². The molecular weight excluding hydrogens is 319 g/mol. The lowest BCUT2D eigenvalue weighted by Gasteiger charge is -2.09. The number of nitrogens with zero attached hydrogens (tertiary/aromatic N) is 5. The minimum atomic E-state index is -0.265. The standard InChI is InChI=1S/C18H15FN6/c1-25-11-22-15-17(21-10-12-5-4-6-13(19)9-12)23-16(24-18(15)25)14-7-2-3-8-20-14/h2-9,11H,10H2,1H3,(H,21,23,24). The molecule has 4 aromatic rings. The van der Waals surface area contributed by atoms with Crippen LogP contribution in [0, 0.1) is 5.82 Å². The van der Waals surface area contributed by atoms with Gasteiger partial charge in [-0.15, -0.1) is 0 Å². The van der Waals surface area contributed by atoms with E-state index in [-0.39, 0.29) is 5.82 Å². The Hall–Kier alpha value is -3.35. The van der Waals surface area contributed by atoms with E-state index in [0.29, 0.717) is 35.0 Å². The van der Waals surface area contributed by atoms with Crippen molar-refractivity contribution >= 4 is 17.0 Å². The Morgan fingerprint density at radius 1 is 1.08 bits per heavy atom. The zero-order valence-corrected chi connectivity index (χ0v) is 13.5. The van der Waals surface area contributed by atoms with Gasteiger partial charge in [-0.2, -0.15) is 0 Å². The topological polar surface area (TPSA) is 68.5 Å². The van der Waals surface area contributed by atoms with Crippen molar-refractivity contribution in [2.24, 2.45) is 7.05 Å². The first kappa shape index (κ1) is 15.2. The molecule has 3 heterocycles. The van der Waals surface area contributed by atoms with Crippen LogP contribution in [0.25, 0.3) is 22.7 Å². The van der Waals surface area contributed by atoms with Crippen molar-refractivity contribution in [3.8, 4) is 11.5 Å². The van der Waals surface area contributed by atoms with Gasteiger partial charge in [0.2, 0.25) is 0 Å². The van der Waals surface area contributed by atoms with E-state index in [1.807, 2.05) is 35.9 Å². The number of anilines is 1. The van der Waals surface area contributed by atoms with Crippen molar-refractivity contribution in [1.29, 1.82) is 0 Å². The Balaban J connectivity index is 1.74. The highest BCUT2D eigenvalue weighted by atomic mass is 19.1. The number of fused-ring (bicyclic) bond motifs is 1. The fourth-order valence-corrected chi connectivity index (χ4v) is 2.57. The fourth-order valence-electron chi connectivity index (χ4n) is 2.57. The number of hydrogen-bond acceptors (Lipinski definition) is 5. The zero-order chi connectivity index (χ0) is 17.2. The summed E-state index contributed by atoms with van der Waals surface area (Å²) in [6.07, 6.45) is 3.39. The molecule has 0 bridgehead atoms. The van der Waals surface area contributed by atoms with Crippen LogP contribution >= 0.6 is 0 Å². The average molecular weight is 334 g/mol. The summed E-state index contributed by atoms with van der Waals surface area (Å²) in [4.78, 5) is 17.8. The molecule has 0 aliphatic heterocycles. The van der Waals surface area contributed by atoms with Gasteiger partial charge in [-0.3, -0.25) is 4.98 Å². The van der Waals surface area contributed by atoms with Gasteiger partial charge in [-0.1, -0.05) is 18.2 Å². The van der Waals surface area contributed by atoms with Crippen LogP contribution in [0.1, 0.15) is 5.56 Å². The maximum Gasteiger partial charge on any atom is 0.182 e. The van der Waals surface area contributed by atoms with Crippen LogP contribution in [0.15, 0.2) is 55.0 Å². The Morgan fingerprint density at radius 3 is 2.80 bits per heavy atom. The highest BCUT2D eigenvalue weighted by molar-refractivity contribution is 5.84. The lowest BCUT2D eigenvalue weighted by molar-refractivity contribution is 0.626. The van der Waals surface area contributed by atoms with E-state index in [2.05, 4.69) is 25.3 Å². The molecule has 124 valence electrons. The van der Waals surface area contributed by atoms with Gasteiger partial charge in [0.15, 0.2) is 17.3 Å². The molecule has 0 saturated heterocycles. The van der Waals surface area contributed by atoms with Crippen LogP contribution < -0.4 is 5.32 Å². The van der Waals surface area contributed by atoms with E-state index in [1.165, 1.54) is 12.1 Å². The molecule has 0 saturated carbocycles. The number of aromatic nitrogens is 5. The van der Waals surface area contributed by atoms with Gasteiger partial charge in [-0.25, -0.2) is 19.3 Å². The highest BCUT2D eigenvalue weighted by Gasteiger charge is 2.13. The molecule has 25 heavy (non-hydrogen) atoms. The number of pyridine rings is 1. The van der Waals surface area contributed by atoms with Gasteiger partial charge in [0, 0.05) is 19.8 Å². The van der Waals surface area contributed by atoms with Crippen molar-refractivity contribution in [2.75, 3.05) is 5.32 Å². The predicted octanol–water partition coefficient (Wildman–Crippen LogP) is 3.18. The number of hydrogen-bond donors (Lipinski definition) is 1. The molecule has 0 radical (unpaired) electrons. The van der Waals surface area contributed by atoms with Gasteiger partial charge in [-0.05, 0) is 29.8 Å². The average Bonchev–Trinajstić information content (AvgIpc) is 3.02. The lowest BCUT2D eigenvalue weighted by Crippen LogP contribution is -2.05. The first-order valence-corrected chi connectivity index (χ1v) is 7.79. The van der Waals surface area contributed by atoms with Gasteiger partial charge < -0.3 is 9.88 Å². The number of nitrogens with one attached hydrogen (secondary N) is 1. The molecule has 0 aliphatic carbocycles. The van der Waals surface area contributed by atoms with E-state index in [1.54, 1.807) is 18.6 Å². The molecule has 7 heteroatoms. The fraction of sp³-hybridized carbons (Fsp3) is 0.111. The first-order valence-electron chi connectivity index (χ1n) is 7.79. The summed E-state index contributed by atoms with van der Waals surface area (Å²) in [5.74, 6) is 0.841. The van der Waals surface area contributed by atoms with Crippen molar-refractivity contribution in [3.63, 3.8) is 0 Å². The van der Waals surface area contributed by atoms with Gasteiger partial charge in [0.05, 0.1) is 6.33 Å². The van der Waals surface area contributed by atoms with Crippen LogP contribution in [-0.4, -0.2) is 24.5 Å². The molecule has 0 spiro atoms. The van der Waals surface area contributed by atoms with Crippen LogP contribution in [0.2, 0.25) is 0 Å². The van der Waals surface area contributed by atoms with Crippen LogP contribution in [0.5, 0.6) is 0 Å². The molecule has 0 fully saturated rings. The molecule has 6 nitrogen and oxygen atoms in total. The minimum Gasteiger partial charge on any atom is -0.364 e. The maximum atomic E-state index is 13.4. The van der Waals surface area contributed by atoms with E-state index in [4.69, 9.17) is 0 Å². The van der Waals surface area contributed by atoms with E-state index in [9.17, 15) is 4.39 Å². The van der Waals surface area contributed by atoms with Crippen molar-refractivity contribution in [2.45, 2.75) is 6.54 Å². The van der Waals surface area contributed by atoms with Gasteiger partial charge in [0.25, 0.3) is 0 Å². The van der Waals surface area contributed by atoms with Crippen LogP contribution in [0.4, 0.5) is 10.2 Å². The van der Waals surface area contributed by atoms with Crippen molar-refractivity contribution in [1.82, 2.24) is 24.5 Å². The third-order valence-electron chi connectivity index (χ3n) is 3.80. The molecule has 1 aromatic carbocycles. The van der Waals surface area contributed by atoms with Crippen LogP contribution in [0.3, 0.4) is 0 Å². The van der Waals surface area contributed by atoms with E-state index in [0.717, 1.165) is 5.56 Å². The summed E-state index contributed by atoms with van der Waals surface area (Å²) in [7, 11) is 1.88. The number of aryl methyl sites for hydroxylation is 1. The third-order valence-corrected chi connectivity index (χ3v) is 3.80. The lowest BCUT2D eigenvalue weighted by atomic mass is 10.2. The smallest absolute Gasteiger partial charge is 0.182 e. The Labute approximate surface area is 143 Å². The molecule has 0 unspecified atom stereocenters. The SMILES string of the molecule is Cn1cnc2c(NCc3cccc(F)c3)nc(-c3ccccn3)nc21. The second-order valence-electron chi connectivity index (χ2n) is 5.62. The van der Waals surface area contributed by atoms with Gasteiger partial charge >= 0.3 is 0 Å². The quantitative estimate of drug-likeness (QED) is 0.621. The Kier molecular flexibility index (Phi) is 3.81. The van der Waals surface area contributed by atoms with Crippen molar-refractivity contribution < 1.29 is 4.39 Å². The molecular formula is C18H15FN6. The summed E-state index contributed by atoms with van der Waals surface area (Å²) >= 11 is 0. The highest BCUT2D eigenvalue weighted by Crippen LogP contribution is 2.23. The summed E-state index contributed by atoms with van der Waals surface area (Å²) in [6, 6.07) is 12.0. The molecule has 3 aromatic heterocycles. The second kappa shape index (κ2) is 6.27. The zero-order valence-electron chi connectivity index (χ0n) is 13.5. The van der Waals surface area contributed by atoms with E-state index >= 15 is 0 Å². The largest absolute Gasteiger partial charge is 0.364 e. The normalized spacial score (nSPS) is 11.0. The molecule has 0 aliphatic rings. The molecule has 0 amide bonds. The maximum absolute atomic E-state index is 13.4. The van der Waals surface area contributed by atoms with Crippen LogP contribution in [-0.2, 0) is 13.6 Å². The predicted molar refractivity (Wildman–Crippen MR) is 93.3 cm³/mol. The first-order chi connectivity index (χ1) is 12.2. The number of imidazole rings is 1. The third kappa shape index (κ3) is 3.03. The number of rotatable bonds is 4. The Bertz CT molecular complexity index is 1030. The molecule has 1 N–H and O–H groups in total. The summed E-state index contributed by atoms with van der Waals surface area (Å²) in [5.41, 5.74) is 2.87. The summed E-state index contributed by atoms with van der Waals surface area (Å²) in [5, 5.41) is 3.23. The second-order valence-corrected chi connectivity index (χ2v) is 5.62. The summed E-state index contributed by atoms with van der Waals surface area (Å²) in [6.45, 7) is 0.433.